The first-order valence-electron chi connectivity index (χ1n) is 6.11. The van der Waals surface area contributed by atoms with Gasteiger partial charge in [0.1, 0.15) is 11.6 Å². The van der Waals surface area contributed by atoms with Crippen LogP contribution in [0.4, 0.5) is 10.2 Å². The lowest BCUT2D eigenvalue weighted by molar-refractivity contribution is -0.115. The third kappa shape index (κ3) is 2.27. The Bertz CT molecular complexity index is 776. The Morgan fingerprint density at radius 3 is 3.10 bits per heavy atom. The van der Waals surface area contributed by atoms with Gasteiger partial charge in [-0.05, 0) is 18.6 Å². The van der Waals surface area contributed by atoms with E-state index < -0.39 is 0 Å². The molecule has 2 N–H and O–H groups in total. The van der Waals surface area contributed by atoms with Crippen LogP contribution in [0.15, 0.2) is 35.0 Å². The fourth-order valence-corrected chi connectivity index (χ4v) is 2.11. The molecule has 0 aliphatic carbocycles. The molecular formula is C14H12FN3O2. The summed E-state index contributed by atoms with van der Waals surface area (Å²) in [5.41, 5.74) is 1.14. The summed E-state index contributed by atoms with van der Waals surface area (Å²) in [7, 11) is 0. The van der Waals surface area contributed by atoms with E-state index in [9.17, 15) is 9.18 Å². The molecule has 3 aromatic rings. The van der Waals surface area contributed by atoms with Gasteiger partial charge in [-0.1, -0.05) is 17.3 Å². The minimum atomic E-state index is -0.332. The number of H-pyrrole nitrogens is 1. The molecule has 0 aliphatic heterocycles. The monoisotopic (exact) mass is 273 g/mol. The van der Waals surface area contributed by atoms with Crippen LogP contribution in [0.25, 0.3) is 10.9 Å². The van der Waals surface area contributed by atoms with Crippen LogP contribution in [-0.4, -0.2) is 16.0 Å². The Kier molecular flexibility index (Phi) is 2.98. The number of halogens is 1. The van der Waals surface area contributed by atoms with Crippen LogP contribution in [0.2, 0.25) is 0 Å². The highest BCUT2D eigenvalue weighted by Gasteiger charge is 2.12. The number of carbonyl (C=O) groups excluding carboxylic acids is 1. The fourth-order valence-electron chi connectivity index (χ4n) is 2.11. The van der Waals surface area contributed by atoms with Crippen LogP contribution in [-0.2, 0) is 11.2 Å². The van der Waals surface area contributed by atoms with Crippen molar-refractivity contribution in [1.29, 1.82) is 0 Å². The van der Waals surface area contributed by atoms with Gasteiger partial charge in [-0.15, -0.1) is 0 Å². The zero-order chi connectivity index (χ0) is 14.1. The van der Waals surface area contributed by atoms with Crippen LogP contribution in [0.1, 0.15) is 11.3 Å². The van der Waals surface area contributed by atoms with E-state index in [-0.39, 0.29) is 18.1 Å². The molecule has 0 fully saturated rings. The van der Waals surface area contributed by atoms with Gasteiger partial charge in [0.15, 0.2) is 5.82 Å². The smallest absolute Gasteiger partial charge is 0.230 e. The average molecular weight is 273 g/mol. The summed E-state index contributed by atoms with van der Waals surface area (Å²) in [4.78, 5) is 14.8. The second-order valence-electron chi connectivity index (χ2n) is 4.52. The van der Waals surface area contributed by atoms with E-state index in [1.54, 1.807) is 31.3 Å². The second-order valence-corrected chi connectivity index (χ2v) is 4.52. The highest BCUT2D eigenvalue weighted by molar-refractivity contribution is 5.95. The van der Waals surface area contributed by atoms with Gasteiger partial charge in [-0.25, -0.2) is 4.39 Å². The zero-order valence-electron chi connectivity index (χ0n) is 10.7. The summed E-state index contributed by atoms with van der Waals surface area (Å²) in [6, 6.07) is 6.40. The number of para-hydroxylation sites is 1. The summed E-state index contributed by atoms with van der Waals surface area (Å²) < 4.78 is 18.4. The number of rotatable bonds is 3. The van der Waals surface area contributed by atoms with E-state index in [1.165, 1.54) is 6.07 Å². The quantitative estimate of drug-likeness (QED) is 0.770. The number of aryl methyl sites for hydroxylation is 1. The van der Waals surface area contributed by atoms with Gasteiger partial charge in [0, 0.05) is 17.6 Å². The Morgan fingerprint density at radius 1 is 1.50 bits per heavy atom. The molecule has 0 radical (unpaired) electrons. The third-order valence-electron chi connectivity index (χ3n) is 3.00. The van der Waals surface area contributed by atoms with Gasteiger partial charge in [0.25, 0.3) is 0 Å². The molecule has 102 valence electrons. The minimum Gasteiger partial charge on any atom is -0.360 e. The van der Waals surface area contributed by atoms with Gasteiger partial charge >= 0.3 is 0 Å². The molecule has 0 saturated carbocycles. The molecule has 0 unspecified atom stereocenters. The van der Waals surface area contributed by atoms with Crippen LogP contribution in [0, 0.1) is 12.7 Å². The number of fused-ring (bicyclic) bond motifs is 1. The number of anilines is 1. The van der Waals surface area contributed by atoms with Crippen LogP contribution >= 0.6 is 0 Å². The summed E-state index contributed by atoms with van der Waals surface area (Å²) in [6.07, 6.45) is 1.77. The fraction of sp³-hybridized carbons (Fsp3) is 0.143. The molecule has 0 atom stereocenters. The Labute approximate surface area is 113 Å². The van der Waals surface area contributed by atoms with Crippen LogP contribution in [0.3, 0.4) is 0 Å². The number of hydrogen-bond acceptors (Lipinski definition) is 3. The molecule has 6 heteroatoms. The van der Waals surface area contributed by atoms with Crippen molar-refractivity contribution in [1.82, 2.24) is 10.1 Å². The number of nitrogens with one attached hydrogen (secondary N) is 2. The number of benzene rings is 1. The molecule has 1 aromatic carbocycles. The zero-order valence-corrected chi connectivity index (χ0v) is 10.7. The lowest BCUT2D eigenvalue weighted by Gasteiger charge is -2.00. The molecule has 20 heavy (non-hydrogen) atoms. The molecule has 3 rings (SSSR count). The van der Waals surface area contributed by atoms with E-state index in [0.29, 0.717) is 22.5 Å². The van der Waals surface area contributed by atoms with E-state index >= 15 is 0 Å². The number of carbonyl (C=O) groups is 1. The van der Waals surface area contributed by atoms with Crippen LogP contribution < -0.4 is 5.32 Å². The number of aromatic nitrogens is 2. The van der Waals surface area contributed by atoms with Crippen molar-refractivity contribution in [3.8, 4) is 0 Å². The number of nitrogens with zero attached hydrogens (tertiary/aromatic N) is 1. The maximum Gasteiger partial charge on any atom is 0.230 e. The Balaban J connectivity index is 1.79. The minimum absolute atomic E-state index is 0.134. The van der Waals surface area contributed by atoms with Crippen LogP contribution in [0.5, 0.6) is 0 Å². The van der Waals surface area contributed by atoms with Crippen molar-refractivity contribution in [2.45, 2.75) is 13.3 Å². The summed E-state index contributed by atoms with van der Waals surface area (Å²) in [5.74, 6) is 0.428. The highest BCUT2D eigenvalue weighted by Crippen LogP contribution is 2.21. The predicted octanol–water partition coefficient (Wildman–Crippen LogP) is 2.78. The molecule has 0 aliphatic rings. The van der Waals surface area contributed by atoms with Crippen molar-refractivity contribution in [3.63, 3.8) is 0 Å². The Morgan fingerprint density at radius 2 is 2.35 bits per heavy atom. The van der Waals surface area contributed by atoms with Crippen molar-refractivity contribution < 1.29 is 13.7 Å². The molecule has 0 spiro atoms. The van der Waals surface area contributed by atoms with E-state index in [0.717, 1.165) is 5.56 Å². The standard InChI is InChI=1S/C14H12FN3O2/c1-8-5-12(18-20-8)17-13(19)6-9-7-16-14-10(9)3-2-4-11(14)15/h2-5,7,16H,6H2,1H3,(H,17,18,19). The average Bonchev–Trinajstić information content (AvgIpc) is 2.98. The molecule has 2 heterocycles. The molecular weight excluding hydrogens is 261 g/mol. The van der Waals surface area contributed by atoms with Crippen molar-refractivity contribution in [3.05, 3.63) is 47.6 Å². The van der Waals surface area contributed by atoms with Gasteiger partial charge in [0.05, 0.1) is 11.9 Å². The molecule has 0 saturated heterocycles. The largest absolute Gasteiger partial charge is 0.360 e. The van der Waals surface area contributed by atoms with Gasteiger partial charge in [0.2, 0.25) is 5.91 Å². The summed E-state index contributed by atoms with van der Waals surface area (Å²) >= 11 is 0. The predicted molar refractivity (Wildman–Crippen MR) is 71.8 cm³/mol. The van der Waals surface area contributed by atoms with E-state index in [4.69, 9.17) is 4.52 Å². The van der Waals surface area contributed by atoms with Gasteiger partial charge in [-0.3, -0.25) is 4.79 Å². The first kappa shape index (κ1) is 12.4. The first-order chi connectivity index (χ1) is 9.63. The molecule has 0 bridgehead atoms. The van der Waals surface area contributed by atoms with Crippen molar-refractivity contribution >= 4 is 22.6 Å². The number of hydrogen-bond donors (Lipinski definition) is 2. The van der Waals surface area contributed by atoms with E-state index in [2.05, 4.69) is 15.5 Å². The number of aromatic amines is 1. The maximum atomic E-state index is 13.5. The second kappa shape index (κ2) is 4.80. The summed E-state index contributed by atoms with van der Waals surface area (Å²) in [6.45, 7) is 1.74. The third-order valence-corrected chi connectivity index (χ3v) is 3.00. The van der Waals surface area contributed by atoms with Crippen molar-refractivity contribution in [2.24, 2.45) is 0 Å². The topological polar surface area (TPSA) is 70.9 Å². The lowest BCUT2D eigenvalue weighted by Crippen LogP contribution is -2.14. The first-order valence-corrected chi connectivity index (χ1v) is 6.11. The Hall–Kier alpha value is -2.63. The van der Waals surface area contributed by atoms with Gasteiger partial charge in [-0.2, -0.15) is 0 Å². The maximum absolute atomic E-state index is 13.5. The van der Waals surface area contributed by atoms with E-state index in [1.807, 2.05) is 0 Å². The summed E-state index contributed by atoms with van der Waals surface area (Å²) in [5, 5.41) is 7.02. The SMILES string of the molecule is Cc1cc(NC(=O)Cc2c[nH]c3c(F)cccc23)no1. The van der Waals surface area contributed by atoms with Crippen molar-refractivity contribution in [2.75, 3.05) is 5.32 Å². The normalized spacial score (nSPS) is 10.9. The lowest BCUT2D eigenvalue weighted by atomic mass is 10.1. The number of amides is 1. The van der Waals surface area contributed by atoms with Gasteiger partial charge < -0.3 is 14.8 Å². The molecule has 5 nitrogen and oxygen atoms in total. The highest BCUT2D eigenvalue weighted by atomic mass is 19.1. The molecule has 1 amide bonds. The molecule has 2 aromatic heterocycles.